The van der Waals surface area contributed by atoms with Crippen LogP contribution in [0.1, 0.15) is 0 Å². The van der Waals surface area contributed by atoms with Crippen molar-refractivity contribution in [3.05, 3.63) is 200 Å². The Bertz CT molecular complexity index is 4120. The highest BCUT2D eigenvalue weighted by Gasteiger charge is 2.26. The van der Waals surface area contributed by atoms with Crippen LogP contribution in [0.2, 0.25) is 0 Å². The summed E-state index contributed by atoms with van der Waals surface area (Å²) < 4.78 is 14.6. The Balaban J connectivity index is 1.12. The van der Waals surface area contributed by atoms with E-state index in [2.05, 4.69) is 168 Å². The Hall–Kier alpha value is -7.90. The first-order valence-electron chi connectivity index (χ1n) is 21.5. The minimum Gasteiger partial charge on any atom is -0.452 e. The normalized spacial score (nSPS) is 12.1. The monoisotopic (exact) mass is 851 g/mol. The van der Waals surface area contributed by atoms with Gasteiger partial charge in [-0.15, -0.1) is 22.7 Å². The molecule has 9 aromatic carbocycles. The summed E-state index contributed by atoms with van der Waals surface area (Å²) >= 11 is 3.82. The molecule has 0 N–H and O–H groups in total. The summed E-state index contributed by atoms with van der Waals surface area (Å²) in [6, 6.07) is 71.7. The second-order valence-electron chi connectivity index (χ2n) is 16.4. The van der Waals surface area contributed by atoms with Gasteiger partial charge in [-0.2, -0.15) is 0 Å². The van der Waals surface area contributed by atoms with E-state index in [0.717, 1.165) is 66.8 Å². The van der Waals surface area contributed by atoms with Gasteiger partial charge < -0.3 is 8.98 Å². The van der Waals surface area contributed by atoms with Gasteiger partial charge in [-0.25, -0.2) is 9.97 Å². The van der Waals surface area contributed by atoms with Gasteiger partial charge in [-0.1, -0.05) is 152 Å². The van der Waals surface area contributed by atoms with Gasteiger partial charge in [-0.3, -0.25) is 0 Å². The highest BCUT2D eigenvalue weighted by atomic mass is 32.1. The van der Waals surface area contributed by atoms with Crippen molar-refractivity contribution in [2.24, 2.45) is 0 Å². The molecule has 0 amide bonds. The van der Waals surface area contributed by atoms with Gasteiger partial charge in [0.05, 0.1) is 16.7 Å². The number of para-hydroxylation sites is 2. The fraction of sp³-hybridized carbons (Fsp3) is 0. The molecular weight excluding hydrogens is 819 g/mol. The lowest BCUT2D eigenvalue weighted by Crippen LogP contribution is -2.02. The summed E-state index contributed by atoms with van der Waals surface area (Å²) in [4.78, 5) is 10.5. The van der Waals surface area contributed by atoms with E-state index in [9.17, 15) is 0 Å². The van der Waals surface area contributed by atoms with Crippen LogP contribution >= 0.6 is 22.7 Å². The van der Waals surface area contributed by atoms with E-state index in [4.69, 9.17) is 14.4 Å². The van der Waals surface area contributed by atoms with Gasteiger partial charge in [0, 0.05) is 78.8 Å². The molecule has 0 spiro atoms. The number of benzene rings is 9. The van der Waals surface area contributed by atoms with E-state index in [-0.39, 0.29) is 0 Å². The third-order valence-electron chi connectivity index (χ3n) is 12.8. The SMILES string of the molecule is c1ccc(-c2nc(-c3cc(-c4ccccc4)c(-n4c5ccccc5c5c6sc7c(ccc8sc9ccccc9c87)c6ccc54)c(-c4ccccc4)c3)c3oc4ccccc4c3n2)cc1. The quantitative estimate of drug-likeness (QED) is 0.173. The topological polar surface area (TPSA) is 43.9 Å². The fourth-order valence-corrected chi connectivity index (χ4v) is 12.6. The number of rotatable bonds is 5. The van der Waals surface area contributed by atoms with Crippen molar-refractivity contribution in [2.45, 2.75) is 0 Å². The first kappa shape index (κ1) is 35.7. The summed E-state index contributed by atoms with van der Waals surface area (Å²) in [5, 5.41) is 8.77. The number of furan rings is 1. The zero-order valence-corrected chi connectivity index (χ0v) is 35.8. The zero-order chi connectivity index (χ0) is 41.9. The van der Waals surface area contributed by atoms with Gasteiger partial charge in [0.1, 0.15) is 16.8 Å². The molecule has 0 atom stereocenters. The number of hydrogen-bond acceptors (Lipinski definition) is 5. The standard InChI is InChI=1S/C58H33N3OS2/c1-4-16-34(17-5-1)43-32-37(52-55-53(41-23-11-14-26-47(41)62-55)60-58(59-52)36-20-8-3-9-21-36)33-44(35-18-6-2-7-19-35)54(43)61-45-25-13-10-22-40(45)50-46(61)30-28-38-39-29-31-49-51(57(39)64-56(38)50)42-24-12-15-27-48(42)63-49/h1-33H. The van der Waals surface area contributed by atoms with Crippen LogP contribution in [0, 0.1) is 0 Å². The molecular formula is C58H33N3OS2. The van der Waals surface area contributed by atoms with E-state index in [1.807, 2.05) is 59.1 Å². The third kappa shape index (κ3) is 5.21. The Kier molecular flexibility index (Phi) is 7.69. The van der Waals surface area contributed by atoms with Crippen LogP contribution in [0.5, 0.6) is 0 Å². The fourth-order valence-electron chi connectivity index (χ4n) is 9.98. The highest BCUT2D eigenvalue weighted by molar-refractivity contribution is 7.30. The molecule has 14 aromatic rings. The van der Waals surface area contributed by atoms with Crippen molar-refractivity contribution in [3.63, 3.8) is 0 Å². The summed E-state index contributed by atoms with van der Waals surface area (Å²) in [6.07, 6.45) is 0. The third-order valence-corrected chi connectivity index (χ3v) is 15.2. The minimum absolute atomic E-state index is 0.656. The number of aromatic nitrogens is 3. The molecule has 5 aromatic heterocycles. The van der Waals surface area contributed by atoms with E-state index in [0.29, 0.717) is 11.4 Å². The number of thiophene rings is 2. The van der Waals surface area contributed by atoms with Crippen molar-refractivity contribution < 1.29 is 4.42 Å². The van der Waals surface area contributed by atoms with Crippen molar-refractivity contribution >= 4 is 107 Å². The van der Waals surface area contributed by atoms with Crippen molar-refractivity contribution in [2.75, 3.05) is 0 Å². The maximum Gasteiger partial charge on any atom is 0.180 e. The Morgan fingerprint density at radius 3 is 1.73 bits per heavy atom. The summed E-state index contributed by atoms with van der Waals surface area (Å²) in [7, 11) is 0. The molecule has 0 bridgehead atoms. The van der Waals surface area contributed by atoms with Crippen LogP contribution in [0.3, 0.4) is 0 Å². The summed E-state index contributed by atoms with van der Waals surface area (Å²) in [6.45, 7) is 0. The second-order valence-corrected chi connectivity index (χ2v) is 18.5. The van der Waals surface area contributed by atoms with E-state index in [1.165, 1.54) is 56.6 Å². The Morgan fingerprint density at radius 1 is 0.406 bits per heavy atom. The average molecular weight is 852 g/mol. The van der Waals surface area contributed by atoms with Crippen molar-refractivity contribution in [3.8, 4) is 50.6 Å². The van der Waals surface area contributed by atoms with Gasteiger partial charge in [-0.05, 0) is 59.7 Å². The maximum absolute atomic E-state index is 6.72. The van der Waals surface area contributed by atoms with E-state index in [1.54, 1.807) is 0 Å². The molecule has 0 radical (unpaired) electrons. The molecule has 0 aliphatic rings. The molecule has 14 rings (SSSR count). The largest absolute Gasteiger partial charge is 0.452 e. The lowest BCUT2D eigenvalue weighted by Gasteiger charge is -2.21. The van der Waals surface area contributed by atoms with Gasteiger partial charge in [0.2, 0.25) is 0 Å². The first-order chi connectivity index (χ1) is 31.7. The smallest absolute Gasteiger partial charge is 0.180 e. The number of hydrogen-bond donors (Lipinski definition) is 0. The van der Waals surface area contributed by atoms with Gasteiger partial charge >= 0.3 is 0 Å². The zero-order valence-electron chi connectivity index (χ0n) is 34.1. The van der Waals surface area contributed by atoms with E-state index >= 15 is 0 Å². The van der Waals surface area contributed by atoms with Crippen LogP contribution in [-0.4, -0.2) is 14.5 Å². The van der Waals surface area contributed by atoms with Crippen molar-refractivity contribution in [1.29, 1.82) is 0 Å². The molecule has 6 heteroatoms. The molecule has 5 heterocycles. The Labute approximate surface area is 374 Å². The maximum atomic E-state index is 6.72. The predicted octanol–water partition coefficient (Wildman–Crippen LogP) is 16.9. The molecule has 0 aliphatic heterocycles. The molecule has 4 nitrogen and oxygen atoms in total. The molecule has 64 heavy (non-hydrogen) atoms. The van der Waals surface area contributed by atoms with Crippen LogP contribution in [-0.2, 0) is 0 Å². The van der Waals surface area contributed by atoms with E-state index < -0.39 is 0 Å². The van der Waals surface area contributed by atoms with Gasteiger partial charge in [0.25, 0.3) is 0 Å². The summed E-state index contributed by atoms with van der Waals surface area (Å²) in [5.74, 6) is 0.656. The summed E-state index contributed by atoms with van der Waals surface area (Å²) in [5.41, 5.74) is 12.7. The molecule has 0 saturated carbocycles. The average Bonchev–Trinajstić information content (AvgIpc) is 4.13. The second kappa shape index (κ2) is 13.8. The van der Waals surface area contributed by atoms with Crippen LogP contribution in [0.25, 0.3) is 135 Å². The first-order valence-corrected chi connectivity index (χ1v) is 23.1. The molecule has 0 aliphatic carbocycles. The Morgan fingerprint density at radius 2 is 1.00 bits per heavy atom. The molecule has 298 valence electrons. The van der Waals surface area contributed by atoms with Gasteiger partial charge in [0.15, 0.2) is 11.4 Å². The lowest BCUT2D eigenvalue weighted by molar-refractivity contribution is 0.667. The number of nitrogens with zero attached hydrogens (tertiary/aromatic N) is 3. The molecule has 0 unspecified atom stereocenters. The van der Waals surface area contributed by atoms with Crippen molar-refractivity contribution in [1.82, 2.24) is 14.5 Å². The van der Waals surface area contributed by atoms with Crippen LogP contribution in [0.15, 0.2) is 205 Å². The van der Waals surface area contributed by atoms with Crippen LogP contribution in [0.4, 0.5) is 0 Å². The lowest BCUT2D eigenvalue weighted by atomic mass is 9.91. The highest BCUT2D eigenvalue weighted by Crippen LogP contribution is 2.50. The number of fused-ring (bicyclic) bond motifs is 14. The van der Waals surface area contributed by atoms with Crippen LogP contribution < -0.4 is 0 Å². The molecule has 0 fully saturated rings. The predicted molar refractivity (Wildman–Crippen MR) is 271 cm³/mol. The minimum atomic E-state index is 0.656. The molecule has 0 saturated heterocycles.